The predicted octanol–water partition coefficient (Wildman–Crippen LogP) is 3.04. The lowest BCUT2D eigenvalue weighted by Gasteiger charge is -2.16. The average Bonchev–Trinajstić information content (AvgIpc) is 2.82. The van der Waals surface area contributed by atoms with Crippen molar-refractivity contribution in [1.29, 1.82) is 0 Å². The van der Waals surface area contributed by atoms with Gasteiger partial charge in [0, 0.05) is 17.8 Å². The lowest BCUT2D eigenvalue weighted by molar-refractivity contribution is 0.471. The van der Waals surface area contributed by atoms with Crippen molar-refractivity contribution in [2.45, 2.75) is 19.9 Å². The molecular weight excluding hydrogens is 266 g/mol. The van der Waals surface area contributed by atoms with Crippen LogP contribution in [0.3, 0.4) is 0 Å². The number of H-pyrrole nitrogens is 2. The molecule has 0 saturated heterocycles. The van der Waals surface area contributed by atoms with Crippen LogP contribution in [0, 0.1) is 6.92 Å². The summed E-state index contributed by atoms with van der Waals surface area (Å²) < 4.78 is 0. The first-order chi connectivity index (χ1) is 10.0. The second-order valence-corrected chi connectivity index (χ2v) is 5.25. The molecule has 108 valence electrons. The predicted molar refractivity (Wildman–Crippen MR) is 83.8 cm³/mol. The fourth-order valence-electron chi connectivity index (χ4n) is 2.35. The van der Waals surface area contributed by atoms with Crippen LogP contribution in [0.5, 0.6) is 5.75 Å². The number of benzene rings is 2. The minimum atomic E-state index is -0.203. The van der Waals surface area contributed by atoms with Crippen molar-refractivity contribution in [1.82, 2.24) is 9.97 Å². The summed E-state index contributed by atoms with van der Waals surface area (Å²) in [7, 11) is 0. The minimum Gasteiger partial charge on any atom is -0.508 e. The van der Waals surface area contributed by atoms with E-state index in [4.69, 9.17) is 0 Å². The molecular formula is C16H17N3O2. The van der Waals surface area contributed by atoms with E-state index < -0.39 is 0 Å². The second kappa shape index (κ2) is 5.01. The maximum Gasteiger partial charge on any atom is 0.323 e. The molecule has 0 aliphatic heterocycles. The maximum atomic E-state index is 11.3. The number of fused-ring (bicyclic) bond motifs is 1. The van der Waals surface area contributed by atoms with Crippen LogP contribution in [0.25, 0.3) is 11.0 Å². The molecule has 1 unspecified atom stereocenters. The van der Waals surface area contributed by atoms with Crippen LogP contribution in [-0.4, -0.2) is 15.1 Å². The van der Waals surface area contributed by atoms with Gasteiger partial charge in [0.15, 0.2) is 0 Å². The third kappa shape index (κ3) is 2.63. The molecule has 0 aliphatic rings. The lowest BCUT2D eigenvalue weighted by Crippen LogP contribution is -2.06. The van der Waals surface area contributed by atoms with Gasteiger partial charge >= 0.3 is 5.69 Å². The number of phenols is 1. The summed E-state index contributed by atoms with van der Waals surface area (Å²) in [5, 5.41) is 13.1. The monoisotopic (exact) mass is 283 g/mol. The van der Waals surface area contributed by atoms with E-state index in [9.17, 15) is 9.90 Å². The Balaban J connectivity index is 1.87. The largest absolute Gasteiger partial charge is 0.508 e. The molecule has 3 rings (SSSR count). The molecule has 0 saturated carbocycles. The van der Waals surface area contributed by atoms with Crippen molar-refractivity contribution in [2.75, 3.05) is 5.32 Å². The van der Waals surface area contributed by atoms with E-state index in [2.05, 4.69) is 15.3 Å². The standard InChI is InChI=1S/C16H17N3O2/c1-9-3-5-12(8-15(9)20)17-10(2)11-4-6-13-14(7-11)19-16(21)18-13/h3-8,10,17,20H,1-2H3,(H2,18,19,21). The summed E-state index contributed by atoms with van der Waals surface area (Å²) >= 11 is 0. The first-order valence-electron chi connectivity index (χ1n) is 6.81. The first-order valence-corrected chi connectivity index (χ1v) is 6.81. The van der Waals surface area contributed by atoms with E-state index in [1.165, 1.54) is 0 Å². The van der Waals surface area contributed by atoms with Gasteiger partial charge in [0.1, 0.15) is 5.75 Å². The van der Waals surface area contributed by atoms with Crippen LogP contribution < -0.4 is 11.0 Å². The van der Waals surface area contributed by atoms with E-state index in [0.717, 1.165) is 27.8 Å². The highest BCUT2D eigenvalue weighted by atomic mass is 16.3. The fraction of sp³-hybridized carbons (Fsp3) is 0.188. The van der Waals surface area contributed by atoms with Crippen molar-refractivity contribution in [3.8, 4) is 5.75 Å². The normalized spacial score (nSPS) is 12.5. The number of aryl methyl sites for hydroxylation is 1. The van der Waals surface area contributed by atoms with Gasteiger partial charge < -0.3 is 20.4 Å². The molecule has 0 bridgehead atoms. The summed E-state index contributed by atoms with van der Waals surface area (Å²) in [6.07, 6.45) is 0. The molecule has 5 nitrogen and oxygen atoms in total. The number of imidazole rings is 1. The van der Waals surface area contributed by atoms with Gasteiger partial charge in [-0.1, -0.05) is 12.1 Å². The number of anilines is 1. The van der Waals surface area contributed by atoms with E-state index >= 15 is 0 Å². The van der Waals surface area contributed by atoms with Crippen LogP contribution in [0.1, 0.15) is 24.1 Å². The Bertz CT molecular complexity index is 848. The van der Waals surface area contributed by atoms with Gasteiger partial charge in [-0.3, -0.25) is 0 Å². The van der Waals surface area contributed by atoms with Gasteiger partial charge in [0.2, 0.25) is 0 Å². The van der Waals surface area contributed by atoms with Gasteiger partial charge in [0.05, 0.1) is 11.0 Å². The molecule has 3 aromatic rings. The quantitative estimate of drug-likeness (QED) is 0.596. The highest BCUT2D eigenvalue weighted by molar-refractivity contribution is 5.75. The van der Waals surface area contributed by atoms with E-state index in [1.54, 1.807) is 6.07 Å². The summed E-state index contributed by atoms with van der Waals surface area (Å²) in [5.74, 6) is 0.276. The third-order valence-electron chi connectivity index (χ3n) is 3.63. The zero-order valence-electron chi connectivity index (χ0n) is 11.9. The minimum absolute atomic E-state index is 0.0508. The van der Waals surface area contributed by atoms with Crippen molar-refractivity contribution in [3.63, 3.8) is 0 Å². The van der Waals surface area contributed by atoms with Gasteiger partial charge in [-0.15, -0.1) is 0 Å². The number of aromatic amines is 2. The van der Waals surface area contributed by atoms with Crippen molar-refractivity contribution in [3.05, 3.63) is 58.0 Å². The molecule has 2 aromatic carbocycles. The lowest BCUT2D eigenvalue weighted by atomic mass is 10.1. The first kappa shape index (κ1) is 13.3. The highest BCUT2D eigenvalue weighted by Crippen LogP contribution is 2.25. The molecule has 5 heteroatoms. The molecule has 0 radical (unpaired) electrons. The summed E-state index contributed by atoms with van der Waals surface area (Å²) in [6.45, 7) is 3.89. The van der Waals surface area contributed by atoms with Crippen LogP contribution in [0.4, 0.5) is 5.69 Å². The summed E-state index contributed by atoms with van der Waals surface area (Å²) in [6, 6.07) is 11.4. The van der Waals surface area contributed by atoms with Crippen LogP contribution in [0.15, 0.2) is 41.2 Å². The Morgan fingerprint density at radius 2 is 1.86 bits per heavy atom. The molecule has 0 fully saturated rings. The van der Waals surface area contributed by atoms with Crippen LogP contribution in [0.2, 0.25) is 0 Å². The molecule has 21 heavy (non-hydrogen) atoms. The summed E-state index contributed by atoms with van der Waals surface area (Å²) in [5.41, 5.74) is 4.14. The van der Waals surface area contributed by atoms with E-state index in [0.29, 0.717) is 0 Å². The van der Waals surface area contributed by atoms with E-state index in [1.807, 2.05) is 44.2 Å². The molecule has 4 N–H and O–H groups in total. The average molecular weight is 283 g/mol. The Morgan fingerprint density at radius 1 is 1.10 bits per heavy atom. The van der Waals surface area contributed by atoms with Crippen LogP contribution >= 0.6 is 0 Å². The second-order valence-electron chi connectivity index (χ2n) is 5.25. The number of aromatic nitrogens is 2. The van der Waals surface area contributed by atoms with Crippen molar-refractivity contribution in [2.24, 2.45) is 0 Å². The van der Waals surface area contributed by atoms with Crippen LogP contribution in [-0.2, 0) is 0 Å². The highest BCUT2D eigenvalue weighted by Gasteiger charge is 2.08. The van der Waals surface area contributed by atoms with Crippen molar-refractivity contribution < 1.29 is 5.11 Å². The third-order valence-corrected chi connectivity index (χ3v) is 3.63. The number of rotatable bonds is 3. The molecule has 1 heterocycles. The van der Waals surface area contributed by atoms with Gasteiger partial charge in [-0.05, 0) is 43.2 Å². The maximum absolute atomic E-state index is 11.3. The zero-order chi connectivity index (χ0) is 15.0. The van der Waals surface area contributed by atoms with E-state index in [-0.39, 0.29) is 17.5 Å². The Labute approximate surface area is 121 Å². The van der Waals surface area contributed by atoms with Gasteiger partial charge in [-0.2, -0.15) is 0 Å². The van der Waals surface area contributed by atoms with Gasteiger partial charge in [-0.25, -0.2) is 4.79 Å². The number of phenolic OH excluding ortho intramolecular Hbond substituents is 1. The molecule has 1 aromatic heterocycles. The molecule has 1 atom stereocenters. The fourth-order valence-corrected chi connectivity index (χ4v) is 2.35. The number of hydrogen-bond donors (Lipinski definition) is 4. The SMILES string of the molecule is Cc1ccc(NC(C)c2ccc3[nH]c(=O)[nH]c3c2)cc1O. The Morgan fingerprint density at radius 3 is 2.62 bits per heavy atom. The molecule has 0 spiro atoms. The summed E-state index contributed by atoms with van der Waals surface area (Å²) in [4.78, 5) is 16.8. The Hall–Kier alpha value is -2.69. The number of hydrogen-bond acceptors (Lipinski definition) is 3. The van der Waals surface area contributed by atoms with Crippen molar-refractivity contribution >= 4 is 16.7 Å². The smallest absolute Gasteiger partial charge is 0.323 e. The Kier molecular flexibility index (Phi) is 3.17. The molecule has 0 aliphatic carbocycles. The zero-order valence-corrected chi connectivity index (χ0v) is 11.9. The molecule has 0 amide bonds. The van der Waals surface area contributed by atoms with Gasteiger partial charge in [0.25, 0.3) is 0 Å². The number of aromatic hydroxyl groups is 1. The number of nitrogens with one attached hydrogen (secondary N) is 3. The topological polar surface area (TPSA) is 80.9 Å².